The van der Waals surface area contributed by atoms with Crippen LogP contribution in [0.1, 0.15) is 12.0 Å². The lowest BCUT2D eigenvalue weighted by molar-refractivity contribution is -0.104. The summed E-state index contributed by atoms with van der Waals surface area (Å²) in [4.78, 5) is 17.0. The number of hydrogen-bond acceptors (Lipinski definition) is 3. The number of carbonyl (C=O) groups is 1. The summed E-state index contributed by atoms with van der Waals surface area (Å²) in [5.41, 5.74) is 2.50. The fourth-order valence-electron chi connectivity index (χ4n) is 1.69. The standard InChI is InChI=1S/C11H11ClN2O/c1-14-5-3-8(7-15)11(12)9-6-13-4-2-10(9)14/h2,4,6-7H,3,5H2,1H3. The largest absolute Gasteiger partial charge is 0.374 e. The molecule has 2 rings (SSSR count). The van der Waals surface area contributed by atoms with Crippen molar-refractivity contribution in [3.05, 3.63) is 29.6 Å². The molecule has 15 heavy (non-hydrogen) atoms. The van der Waals surface area contributed by atoms with Gasteiger partial charge in [0.05, 0.1) is 5.03 Å². The van der Waals surface area contributed by atoms with Crippen LogP contribution in [-0.4, -0.2) is 24.9 Å². The first-order valence-corrected chi connectivity index (χ1v) is 5.11. The van der Waals surface area contributed by atoms with Gasteiger partial charge in [-0.3, -0.25) is 9.78 Å². The molecule has 3 nitrogen and oxygen atoms in total. The van der Waals surface area contributed by atoms with Crippen molar-refractivity contribution in [2.75, 3.05) is 18.5 Å². The fourth-order valence-corrected chi connectivity index (χ4v) is 1.98. The maximum atomic E-state index is 10.9. The Morgan fingerprint density at radius 3 is 3.13 bits per heavy atom. The van der Waals surface area contributed by atoms with E-state index in [0.717, 1.165) is 24.1 Å². The number of pyridine rings is 1. The van der Waals surface area contributed by atoms with E-state index in [2.05, 4.69) is 9.88 Å². The molecule has 0 aromatic carbocycles. The van der Waals surface area contributed by atoms with Crippen LogP contribution < -0.4 is 4.90 Å². The van der Waals surface area contributed by atoms with Crippen molar-refractivity contribution in [2.45, 2.75) is 6.42 Å². The Morgan fingerprint density at radius 1 is 1.60 bits per heavy atom. The predicted molar refractivity (Wildman–Crippen MR) is 61.0 cm³/mol. The maximum absolute atomic E-state index is 10.9. The van der Waals surface area contributed by atoms with Gasteiger partial charge in [0.15, 0.2) is 0 Å². The quantitative estimate of drug-likeness (QED) is 0.682. The lowest BCUT2D eigenvalue weighted by Gasteiger charge is -2.18. The highest BCUT2D eigenvalue weighted by atomic mass is 35.5. The maximum Gasteiger partial charge on any atom is 0.147 e. The van der Waals surface area contributed by atoms with Crippen LogP contribution in [0, 0.1) is 0 Å². The number of nitrogens with zero attached hydrogens (tertiary/aromatic N) is 2. The molecule has 0 saturated heterocycles. The molecule has 0 bridgehead atoms. The first-order chi connectivity index (χ1) is 7.24. The van der Waals surface area contributed by atoms with Gasteiger partial charge in [0, 0.05) is 42.8 Å². The van der Waals surface area contributed by atoms with Gasteiger partial charge < -0.3 is 4.90 Å². The summed E-state index contributed by atoms with van der Waals surface area (Å²) >= 11 is 6.16. The van der Waals surface area contributed by atoms with Crippen molar-refractivity contribution in [1.82, 2.24) is 4.98 Å². The molecule has 0 radical (unpaired) electrons. The summed E-state index contributed by atoms with van der Waals surface area (Å²) in [5, 5.41) is 0.525. The zero-order valence-corrected chi connectivity index (χ0v) is 9.16. The van der Waals surface area contributed by atoms with E-state index in [4.69, 9.17) is 11.6 Å². The van der Waals surface area contributed by atoms with Crippen LogP contribution in [0.3, 0.4) is 0 Å². The van der Waals surface area contributed by atoms with E-state index in [-0.39, 0.29) is 0 Å². The predicted octanol–water partition coefficient (Wildman–Crippen LogP) is 2.07. The van der Waals surface area contributed by atoms with Gasteiger partial charge in [0.25, 0.3) is 0 Å². The molecule has 1 aliphatic heterocycles. The Morgan fingerprint density at radius 2 is 2.40 bits per heavy atom. The monoisotopic (exact) mass is 222 g/mol. The molecule has 1 aliphatic rings. The molecule has 2 heterocycles. The SMILES string of the molecule is CN1CCC(C=O)=C(Cl)c2cnccc21. The Bertz CT molecular complexity index is 428. The third kappa shape index (κ3) is 1.75. The van der Waals surface area contributed by atoms with Crippen molar-refractivity contribution in [1.29, 1.82) is 0 Å². The summed E-state index contributed by atoms with van der Waals surface area (Å²) in [6.45, 7) is 0.793. The van der Waals surface area contributed by atoms with E-state index in [9.17, 15) is 4.79 Å². The Labute approximate surface area is 93.4 Å². The minimum Gasteiger partial charge on any atom is -0.374 e. The number of halogens is 1. The van der Waals surface area contributed by atoms with Crippen LogP contribution in [0.15, 0.2) is 24.0 Å². The molecule has 0 atom stereocenters. The smallest absolute Gasteiger partial charge is 0.147 e. The molecule has 0 N–H and O–H groups in total. The molecule has 0 spiro atoms. The second-order valence-corrected chi connectivity index (χ2v) is 3.90. The van der Waals surface area contributed by atoms with Crippen LogP contribution in [-0.2, 0) is 4.79 Å². The summed E-state index contributed by atoms with van der Waals surface area (Å²) < 4.78 is 0. The van der Waals surface area contributed by atoms with Gasteiger partial charge in [0.2, 0.25) is 0 Å². The first kappa shape index (κ1) is 10.2. The minimum absolute atomic E-state index is 0.525. The molecule has 0 unspecified atom stereocenters. The van der Waals surface area contributed by atoms with E-state index in [1.54, 1.807) is 12.4 Å². The molecule has 4 heteroatoms. The molecule has 0 amide bonds. The Kier molecular flexibility index (Phi) is 2.73. The molecule has 1 aromatic heterocycles. The van der Waals surface area contributed by atoms with Gasteiger partial charge in [-0.15, -0.1) is 0 Å². The number of anilines is 1. The number of fused-ring (bicyclic) bond motifs is 1. The first-order valence-electron chi connectivity index (χ1n) is 4.73. The summed E-state index contributed by atoms with van der Waals surface area (Å²) in [6, 6.07) is 1.91. The highest BCUT2D eigenvalue weighted by Gasteiger charge is 2.18. The molecular weight excluding hydrogens is 212 g/mol. The van der Waals surface area contributed by atoms with Crippen molar-refractivity contribution < 1.29 is 4.79 Å². The third-order valence-corrected chi connectivity index (χ3v) is 3.03. The summed E-state index contributed by atoms with van der Waals surface area (Å²) in [6.07, 6.45) is 4.93. The molecular formula is C11H11ClN2O. The number of aromatic nitrogens is 1. The van der Waals surface area contributed by atoms with Gasteiger partial charge in [-0.1, -0.05) is 11.6 Å². The van der Waals surface area contributed by atoms with Crippen LogP contribution in [0.25, 0.3) is 5.03 Å². The van der Waals surface area contributed by atoms with Gasteiger partial charge in [-0.2, -0.15) is 0 Å². The normalized spacial score (nSPS) is 16.0. The number of hydrogen-bond donors (Lipinski definition) is 0. The van der Waals surface area contributed by atoms with Crippen molar-refractivity contribution in [3.8, 4) is 0 Å². The van der Waals surface area contributed by atoms with Gasteiger partial charge in [-0.25, -0.2) is 0 Å². The van der Waals surface area contributed by atoms with Crippen LogP contribution >= 0.6 is 11.6 Å². The van der Waals surface area contributed by atoms with E-state index < -0.39 is 0 Å². The summed E-state index contributed by atoms with van der Waals surface area (Å²) in [7, 11) is 1.98. The zero-order valence-electron chi connectivity index (χ0n) is 8.40. The van der Waals surface area contributed by atoms with Crippen molar-refractivity contribution >= 4 is 28.6 Å². The zero-order chi connectivity index (χ0) is 10.8. The Hall–Kier alpha value is -1.35. The molecule has 0 aliphatic carbocycles. The third-order valence-electron chi connectivity index (χ3n) is 2.59. The second kappa shape index (κ2) is 4.03. The van der Waals surface area contributed by atoms with Crippen LogP contribution in [0.5, 0.6) is 0 Å². The summed E-state index contributed by atoms with van der Waals surface area (Å²) in [5.74, 6) is 0. The van der Waals surface area contributed by atoms with Gasteiger partial charge >= 0.3 is 0 Å². The molecule has 1 aromatic rings. The number of aldehydes is 1. The number of carbonyl (C=O) groups excluding carboxylic acids is 1. The highest BCUT2D eigenvalue weighted by Crippen LogP contribution is 2.34. The Balaban J connectivity index is 2.61. The van der Waals surface area contributed by atoms with E-state index >= 15 is 0 Å². The molecule has 0 saturated carbocycles. The average Bonchev–Trinajstić information content (AvgIpc) is 2.39. The van der Waals surface area contributed by atoms with Crippen LogP contribution in [0.4, 0.5) is 5.69 Å². The molecule has 0 fully saturated rings. The van der Waals surface area contributed by atoms with Gasteiger partial charge in [-0.05, 0) is 12.5 Å². The van der Waals surface area contributed by atoms with Crippen molar-refractivity contribution in [3.63, 3.8) is 0 Å². The lowest BCUT2D eigenvalue weighted by atomic mass is 10.1. The fraction of sp³-hybridized carbons (Fsp3) is 0.273. The highest BCUT2D eigenvalue weighted by molar-refractivity contribution is 6.51. The van der Waals surface area contributed by atoms with Crippen molar-refractivity contribution in [2.24, 2.45) is 0 Å². The van der Waals surface area contributed by atoms with E-state index in [1.807, 2.05) is 13.1 Å². The van der Waals surface area contributed by atoms with Gasteiger partial charge in [0.1, 0.15) is 6.29 Å². The average molecular weight is 223 g/mol. The van der Waals surface area contributed by atoms with Crippen LogP contribution in [0.2, 0.25) is 0 Å². The second-order valence-electron chi connectivity index (χ2n) is 3.52. The lowest BCUT2D eigenvalue weighted by Crippen LogP contribution is -2.18. The van der Waals surface area contributed by atoms with E-state index in [0.29, 0.717) is 17.0 Å². The van der Waals surface area contributed by atoms with E-state index in [1.165, 1.54) is 0 Å². The topological polar surface area (TPSA) is 33.2 Å². The minimum atomic E-state index is 0.525. The number of rotatable bonds is 1. The molecule has 78 valence electrons.